The van der Waals surface area contributed by atoms with Gasteiger partial charge in [0, 0.05) is 12.2 Å². The molecule has 1 fully saturated rings. The first-order chi connectivity index (χ1) is 7.18. The molecule has 0 saturated heterocycles. The first-order valence-corrected chi connectivity index (χ1v) is 5.74. The lowest BCUT2D eigenvalue weighted by Gasteiger charge is -2.12. The molecule has 0 bridgehead atoms. The lowest BCUT2D eigenvalue weighted by atomic mass is 10.2. The first kappa shape index (κ1) is 10.5. The molecule has 1 aromatic rings. The van der Waals surface area contributed by atoms with Gasteiger partial charge in [-0.05, 0) is 41.6 Å². The van der Waals surface area contributed by atoms with Gasteiger partial charge in [0.25, 0.3) is 5.91 Å². The summed E-state index contributed by atoms with van der Waals surface area (Å²) >= 11 is 3.25. The molecule has 15 heavy (non-hydrogen) atoms. The van der Waals surface area contributed by atoms with Gasteiger partial charge in [0.05, 0.1) is 4.47 Å². The fraction of sp³-hybridized carbons (Fsp3) is 0.500. The van der Waals surface area contributed by atoms with Gasteiger partial charge >= 0.3 is 0 Å². The third kappa shape index (κ3) is 2.53. The lowest BCUT2D eigenvalue weighted by Crippen LogP contribution is -2.34. The second-order valence-corrected chi connectivity index (χ2v) is 4.67. The summed E-state index contributed by atoms with van der Waals surface area (Å²) in [4.78, 5) is 19.5. The Morgan fingerprint density at radius 1 is 1.67 bits per heavy atom. The van der Waals surface area contributed by atoms with E-state index in [2.05, 4.69) is 31.2 Å². The van der Waals surface area contributed by atoms with Crippen LogP contribution < -0.4 is 5.32 Å². The first-order valence-electron chi connectivity index (χ1n) is 4.95. The van der Waals surface area contributed by atoms with Crippen LogP contribution >= 0.6 is 15.9 Å². The van der Waals surface area contributed by atoms with Crippen LogP contribution in [0.1, 0.15) is 30.3 Å². The Bertz CT molecular complexity index is 379. The number of aromatic nitrogens is 2. The Labute approximate surface area is 96.6 Å². The molecule has 1 N–H and O–H groups in total. The van der Waals surface area contributed by atoms with E-state index in [1.54, 1.807) is 6.20 Å². The topological polar surface area (TPSA) is 54.9 Å². The summed E-state index contributed by atoms with van der Waals surface area (Å²) in [6, 6.07) is 0.236. The zero-order chi connectivity index (χ0) is 10.8. The third-order valence-electron chi connectivity index (χ3n) is 2.57. The number of amides is 1. The summed E-state index contributed by atoms with van der Waals surface area (Å²) in [5, 5.41) is 2.94. The molecule has 0 radical (unpaired) electrons. The van der Waals surface area contributed by atoms with Crippen molar-refractivity contribution in [3.05, 3.63) is 22.7 Å². The van der Waals surface area contributed by atoms with Crippen molar-refractivity contribution in [2.24, 2.45) is 5.92 Å². The Hall–Kier alpha value is -0.970. The summed E-state index contributed by atoms with van der Waals surface area (Å²) in [5.41, 5.74) is 0.400. The molecular weight excluding hydrogens is 258 g/mol. The van der Waals surface area contributed by atoms with E-state index >= 15 is 0 Å². The molecule has 0 aromatic carbocycles. The van der Waals surface area contributed by atoms with Crippen molar-refractivity contribution in [3.63, 3.8) is 0 Å². The number of nitrogens with one attached hydrogen (secondary N) is 1. The van der Waals surface area contributed by atoms with Crippen molar-refractivity contribution in [2.45, 2.75) is 25.8 Å². The molecule has 1 unspecified atom stereocenters. The molecule has 0 spiro atoms. The summed E-state index contributed by atoms with van der Waals surface area (Å²) in [6.07, 6.45) is 5.38. The minimum Gasteiger partial charge on any atom is -0.348 e. The van der Waals surface area contributed by atoms with Gasteiger partial charge in [-0.15, -0.1) is 0 Å². The van der Waals surface area contributed by atoms with Crippen LogP contribution in [0.2, 0.25) is 0 Å². The maximum atomic E-state index is 11.8. The van der Waals surface area contributed by atoms with Crippen molar-refractivity contribution in [1.82, 2.24) is 15.3 Å². The Balaban J connectivity index is 2.04. The van der Waals surface area contributed by atoms with Gasteiger partial charge in [0.15, 0.2) is 0 Å². The average molecular weight is 270 g/mol. The molecule has 2 rings (SSSR count). The Morgan fingerprint density at radius 3 is 3.00 bits per heavy atom. The van der Waals surface area contributed by atoms with E-state index < -0.39 is 0 Å². The van der Waals surface area contributed by atoms with E-state index in [4.69, 9.17) is 0 Å². The fourth-order valence-electron chi connectivity index (χ4n) is 1.47. The molecule has 0 aliphatic heterocycles. The van der Waals surface area contributed by atoms with Crippen molar-refractivity contribution in [3.8, 4) is 0 Å². The second kappa shape index (κ2) is 4.26. The van der Waals surface area contributed by atoms with E-state index in [0.717, 1.165) is 0 Å². The van der Waals surface area contributed by atoms with E-state index in [9.17, 15) is 4.79 Å². The van der Waals surface area contributed by atoms with Crippen LogP contribution in [-0.4, -0.2) is 21.9 Å². The van der Waals surface area contributed by atoms with Crippen molar-refractivity contribution in [1.29, 1.82) is 0 Å². The molecule has 4 nitrogen and oxygen atoms in total. The van der Waals surface area contributed by atoms with Crippen LogP contribution in [0.25, 0.3) is 0 Å². The van der Waals surface area contributed by atoms with Gasteiger partial charge in [-0.25, -0.2) is 9.97 Å². The standard InChI is InChI=1S/C10H12BrN3O/c1-6(7-2-3-7)14-10(15)9-8(11)4-12-5-13-9/h4-7H,2-3H2,1H3,(H,14,15). The number of carbonyl (C=O) groups excluding carboxylic acids is 1. The molecular formula is C10H12BrN3O. The molecule has 80 valence electrons. The van der Waals surface area contributed by atoms with Gasteiger partial charge in [-0.3, -0.25) is 4.79 Å². The summed E-state index contributed by atoms with van der Waals surface area (Å²) < 4.78 is 0.630. The minimum absolute atomic E-state index is 0.135. The van der Waals surface area contributed by atoms with E-state index in [-0.39, 0.29) is 11.9 Å². The van der Waals surface area contributed by atoms with E-state index in [1.807, 2.05) is 6.92 Å². The van der Waals surface area contributed by atoms with Gasteiger partial charge in [-0.1, -0.05) is 0 Å². The third-order valence-corrected chi connectivity index (χ3v) is 3.15. The molecule has 1 aliphatic carbocycles. The van der Waals surface area contributed by atoms with Crippen LogP contribution in [0.4, 0.5) is 0 Å². The summed E-state index contributed by atoms with van der Waals surface area (Å²) in [5.74, 6) is 0.512. The lowest BCUT2D eigenvalue weighted by molar-refractivity contribution is 0.0929. The number of rotatable bonds is 3. The second-order valence-electron chi connectivity index (χ2n) is 3.82. The summed E-state index contributed by atoms with van der Waals surface area (Å²) in [6.45, 7) is 2.03. The molecule has 1 atom stereocenters. The zero-order valence-corrected chi connectivity index (χ0v) is 9.99. The summed E-state index contributed by atoms with van der Waals surface area (Å²) in [7, 11) is 0. The molecule has 1 amide bonds. The predicted molar refractivity (Wildman–Crippen MR) is 59.4 cm³/mol. The van der Waals surface area contributed by atoms with E-state index in [0.29, 0.717) is 16.1 Å². The number of hydrogen-bond acceptors (Lipinski definition) is 3. The molecule has 1 heterocycles. The normalized spacial score (nSPS) is 17.2. The van der Waals surface area contributed by atoms with Crippen molar-refractivity contribution >= 4 is 21.8 Å². The Morgan fingerprint density at radius 2 is 2.40 bits per heavy atom. The SMILES string of the molecule is CC(NC(=O)c1ncncc1Br)C1CC1. The quantitative estimate of drug-likeness (QED) is 0.910. The molecule has 5 heteroatoms. The predicted octanol–water partition coefficient (Wildman–Crippen LogP) is 1.77. The minimum atomic E-state index is -0.135. The maximum absolute atomic E-state index is 11.8. The van der Waals surface area contributed by atoms with Gasteiger partial charge < -0.3 is 5.32 Å². The van der Waals surface area contributed by atoms with Gasteiger partial charge in [-0.2, -0.15) is 0 Å². The highest BCUT2D eigenvalue weighted by molar-refractivity contribution is 9.10. The average Bonchev–Trinajstić information content (AvgIpc) is 3.01. The molecule has 1 aromatic heterocycles. The van der Waals surface area contributed by atoms with Crippen LogP contribution in [-0.2, 0) is 0 Å². The monoisotopic (exact) mass is 269 g/mol. The number of hydrogen-bond donors (Lipinski definition) is 1. The highest BCUT2D eigenvalue weighted by Gasteiger charge is 2.29. The highest BCUT2D eigenvalue weighted by Crippen LogP contribution is 2.32. The van der Waals surface area contributed by atoms with Crippen LogP contribution in [0.5, 0.6) is 0 Å². The smallest absolute Gasteiger partial charge is 0.271 e. The van der Waals surface area contributed by atoms with Gasteiger partial charge in [0.2, 0.25) is 0 Å². The van der Waals surface area contributed by atoms with Crippen LogP contribution in [0.15, 0.2) is 17.0 Å². The molecule has 1 aliphatic rings. The largest absolute Gasteiger partial charge is 0.348 e. The number of carbonyl (C=O) groups is 1. The van der Waals surface area contributed by atoms with E-state index in [1.165, 1.54) is 19.2 Å². The van der Waals surface area contributed by atoms with Crippen molar-refractivity contribution in [2.75, 3.05) is 0 Å². The fourth-order valence-corrected chi connectivity index (χ4v) is 1.87. The van der Waals surface area contributed by atoms with Crippen LogP contribution in [0.3, 0.4) is 0 Å². The van der Waals surface area contributed by atoms with Gasteiger partial charge in [0.1, 0.15) is 12.0 Å². The Kier molecular flexibility index (Phi) is 3.00. The highest BCUT2D eigenvalue weighted by atomic mass is 79.9. The van der Waals surface area contributed by atoms with Crippen molar-refractivity contribution < 1.29 is 4.79 Å². The number of nitrogens with zero attached hydrogens (tertiary/aromatic N) is 2. The van der Waals surface area contributed by atoms with Crippen LogP contribution in [0, 0.1) is 5.92 Å². The maximum Gasteiger partial charge on any atom is 0.271 e. The zero-order valence-electron chi connectivity index (χ0n) is 8.40. The number of halogens is 1. The molecule has 1 saturated carbocycles.